The van der Waals surface area contributed by atoms with Crippen LogP contribution in [-0.4, -0.2) is 23.2 Å². The summed E-state index contributed by atoms with van der Waals surface area (Å²) in [6.07, 6.45) is 4.42. The average molecular weight is 355 g/mol. The number of nitrogens with zero attached hydrogens (tertiary/aromatic N) is 2. The second-order valence-electron chi connectivity index (χ2n) is 6.83. The van der Waals surface area contributed by atoms with Gasteiger partial charge >= 0.3 is 0 Å². The largest absolute Gasteiger partial charge is 0.356 e. The molecule has 4 nitrogen and oxygen atoms in total. The highest BCUT2D eigenvalue weighted by Gasteiger charge is 2.17. The Morgan fingerprint density at radius 2 is 2.04 bits per heavy atom. The average Bonchev–Trinajstić information content (AvgIpc) is 2.63. The number of pyridine rings is 1. The summed E-state index contributed by atoms with van der Waals surface area (Å²) in [6.45, 7) is 6.59. The van der Waals surface area contributed by atoms with Crippen LogP contribution in [0.15, 0.2) is 48.7 Å². The van der Waals surface area contributed by atoms with Crippen molar-refractivity contribution in [3.05, 3.63) is 54.2 Å². The minimum absolute atomic E-state index is 0.156. The first-order valence-electron chi connectivity index (χ1n) is 8.95. The standard InChI is InChI=1S/C20H26N4S/c1-15-7-6-12-24(14-15)19-11-10-18(13-21-19)23-20(25)22-16(2)17-8-4-3-5-9-17/h3-5,8-11,13,15-16H,6-7,12,14H2,1-2H3,(H2,22,23,25). The van der Waals surface area contributed by atoms with Crippen molar-refractivity contribution in [1.29, 1.82) is 0 Å². The van der Waals surface area contributed by atoms with Crippen molar-refractivity contribution in [1.82, 2.24) is 10.3 Å². The molecule has 1 saturated heterocycles. The predicted molar refractivity (Wildman–Crippen MR) is 109 cm³/mol. The quantitative estimate of drug-likeness (QED) is 0.798. The Labute approximate surface area is 155 Å². The van der Waals surface area contributed by atoms with Crippen molar-refractivity contribution in [2.75, 3.05) is 23.3 Å². The molecule has 1 aromatic heterocycles. The zero-order valence-electron chi connectivity index (χ0n) is 14.9. The number of nitrogens with one attached hydrogen (secondary N) is 2. The number of hydrogen-bond donors (Lipinski definition) is 2. The number of rotatable bonds is 4. The van der Waals surface area contributed by atoms with Gasteiger partial charge in [-0.25, -0.2) is 4.98 Å². The maximum atomic E-state index is 5.43. The molecule has 2 atom stereocenters. The molecule has 5 heteroatoms. The molecule has 0 aliphatic carbocycles. The van der Waals surface area contributed by atoms with Crippen molar-refractivity contribution in [3.63, 3.8) is 0 Å². The fourth-order valence-corrected chi connectivity index (χ4v) is 3.53. The van der Waals surface area contributed by atoms with E-state index in [0.29, 0.717) is 5.11 Å². The second-order valence-corrected chi connectivity index (χ2v) is 7.24. The van der Waals surface area contributed by atoms with Gasteiger partial charge in [-0.15, -0.1) is 0 Å². The number of piperidine rings is 1. The Balaban J connectivity index is 1.55. The van der Waals surface area contributed by atoms with Crippen LogP contribution in [0.25, 0.3) is 0 Å². The molecule has 0 saturated carbocycles. The fourth-order valence-electron chi connectivity index (χ4n) is 3.23. The Bertz CT molecular complexity index is 687. The van der Waals surface area contributed by atoms with E-state index in [4.69, 9.17) is 12.2 Å². The smallest absolute Gasteiger partial charge is 0.171 e. The Kier molecular flexibility index (Phi) is 5.87. The molecule has 132 valence electrons. The molecule has 0 amide bonds. The first kappa shape index (κ1) is 17.7. The molecule has 0 spiro atoms. The summed E-state index contributed by atoms with van der Waals surface area (Å²) < 4.78 is 0. The number of benzene rings is 1. The van der Waals surface area contributed by atoms with Gasteiger partial charge in [0.25, 0.3) is 0 Å². The van der Waals surface area contributed by atoms with Crippen LogP contribution in [-0.2, 0) is 0 Å². The van der Waals surface area contributed by atoms with Gasteiger partial charge in [0.1, 0.15) is 5.82 Å². The van der Waals surface area contributed by atoms with Gasteiger partial charge in [0, 0.05) is 13.1 Å². The Morgan fingerprint density at radius 3 is 2.72 bits per heavy atom. The van der Waals surface area contributed by atoms with Crippen molar-refractivity contribution in [2.24, 2.45) is 5.92 Å². The minimum Gasteiger partial charge on any atom is -0.356 e. The zero-order valence-corrected chi connectivity index (χ0v) is 15.7. The van der Waals surface area contributed by atoms with Gasteiger partial charge in [-0.2, -0.15) is 0 Å². The molecule has 3 rings (SSSR count). The van der Waals surface area contributed by atoms with Gasteiger partial charge in [-0.1, -0.05) is 37.3 Å². The van der Waals surface area contributed by atoms with E-state index in [1.54, 1.807) is 0 Å². The van der Waals surface area contributed by atoms with Crippen LogP contribution in [0, 0.1) is 5.92 Å². The summed E-state index contributed by atoms with van der Waals surface area (Å²) >= 11 is 5.43. The van der Waals surface area contributed by atoms with E-state index in [-0.39, 0.29) is 6.04 Å². The van der Waals surface area contributed by atoms with Crippen molar-refractivity contribution in [3.8, 4) is 0 Å². The Hall–Kier alpha value is -2.14. The maximum absolute atomic E-state index is 5.43. The third kappa shape index (κ3) is 4.92. The first-order valence-corrected chi connectivity index (χ1v) is 9.36. The summed E-state index contributed by atoms with van der Waals surface area (Å²) in [5.41, 5.74) is 2.12. The predicted octanol–water partition coefficient (Wildman–Crippen LogP) is 4.37. The fraction of sp³-hybridized carbons (Fsp3) is 0.400. The lowest BCUT2D eigenvalue weighted by molar-refractivity contribution is 0.444. The molecule has 0 bridgehead atoms. The van der Waals surface area contributed by atoms with Crippen LogP contribution >= 0.6 is 12.2 Å². The van der Waals surface area contributed by atoms with E-state index in [1.165, 1.54) is 18.4 Å². The third-order valence-electron chi connectivity index (χ3n) is 4.63. The van der Waals surface area contributed by atoms with Gasteiger partial charge in [-0.3, -0.25) is 0 Å². The maximum Gasteiger partial charge on any atom is 0.171 e. The lowest BCUT2D eigenvalue weighted by Crippen LogP contribution is -2.34. The monoisotopic (exact) mass is 354 g/mol. The normalized spacial score (nSPS) is 18.5. The van der Waals surface area contributed by atoms with E-state index in [0.717, 1.165) is 30.5 Å². The number of hydrogen-bond acceptors (Lipinski definition) is 3. The second kappa shape index (κ2) is 8.30. The van der Waals surface area contributed by atoms with E-state index in [2.05, 4.69) is 52.6 Å². The highest BCUT2D eigenvalue weighted by molar-refractivity contribution is 7.80. The first-order chi connectivity index (χ1) is 12.1. The third-order valence-corrected chi connectivity index (χ3v) is 4.85. The van der Waals surface area contributed by atoms with Crippen molar-refractivity contribution < 1.29 is 0 Å². The van der Waals surface area contributed by atoms with E-state index in [9.17, 15) is 0 Å². The molecule has 25 heavy (non-hydrogen) atoms. The van der Waals surface area contributed by atoms with Gasteiger partial charge in [0.05, 0.1) is 17.9 Å². The zero-order chi connectivity index (χ0) is 17.6. The molecule has 2 unspecified atom stereocenters. The molecule has 0 radical (unpaired) electrons. The molecular formula is C20H26N4S. The number of anilines is 2. The molecule has 2 heterocycles. The highest BCUT2D eigenvalue weighted by atomic mass is 32.1. The SMILES string of the molecule is CC1CCCN(c2ccc(NC(=S)NC(C)c3ccccc3)cn2)C1. The summed E-state index contributed by atoms with van der Waals surface area (Å²) in [7, 11) is 0. The van der Waals surface area contributed by atoms with E-state index >= 15 is 0 Å². The number of aromatic nitrogens is 1. The molecule has 1 aliphatic rings. The van der Waals surface area contributed by atoms with Gasteiger partial charge in [0.15, 0.2) is 5.11 Å². The van der Waals surface area contributed by atoms with Gasteiger partial charge in [0.2, 0.25) is 0 Å². The van der Waals surface area contributed by atoms with Crippen molar-refractivity contribution >= 4 is 28.8 Å². The van der Waals surface area contributed by atoms with Crippen LogP contribution in [0.5, 0.6) is 0 Å². The molecule has 1 aliphatic heterocycles. The number of thiocarbonyl (C=S) groups is 1. The van der Waals surface area contributed by atoms with E-state index in [1.807, 2.05) is 30.5 Å². The van der Waals surface area contributed by atoms with Crippen LogP contribution in [0.3, 0.4) is 0 Å². The van der Waals surface area contributed by atoms with Crippen molar-refractivity contribution in [2.45, 2.75) is 32.7 Å². The topological polar surface area (TPSA) is 40.2 Å². The lowest BCUT2D eigenvalue weighted by atomic mass is 10.0. The summed E-state index contributed by atoms with van der Waals surface area (Å²) in [4.78, 5) is 6.97. The molecule has 2 aromatic rings. The summed E-state index contributed by atoms with van der Waals surface area (Å²) in [6, 6.07) is 14.5. The van der Waals surface area contributed by atoms with E-state index < -0.39 is 0 Å². The molecule has 1 fully saturated rings. The summed E-state index contributed by atoms with van der Waals surface area (Å²) in [5.74, 6) is 1.79. The van der Waals surface area contributed by atoms with Crippen LogP contribution < -0.4 is 15.5 Å². The highest BCUT2D eigenvalue weighted by Crippen LogP contribution is 2.22. The van der Waals surface area contributed by atoms with Crippen LogP contribution in [0.1, 0.15) is 38.3 Å². The van der Waals surface area contributed by atoms with Crippen LogP contribution in [0.2, 0.25) is 0 Å². The van der Waals surface area contributed by atoms with Crippen LogP contribution in [0.4, 0.5) is 11.5 Å². The molecular weight excluding hydrogens is 328 g/mol. The van der Waals surface area contributed by atoms with Gasteiger partial charge < -0.3 is 15.5 Å². The Morgan fingerprint density at radius 1 is 1.24 bits per heavy atom. The molecule has 2 N–H and O–H groups in total. The minimum atomic E-state index is 0.156. The van der Waals surface area contributed by atoms with Gasteiger partial charge in [-0.05, 0) is 55.6 Å². The molecule has 1 aromatic carbocycles. The summed E-state index contributed by atoms with van der Waals surface area (Å²) in [5, 5.41) is 7.14. The lowest BCUT2D eigenvalue weighted by Gasteiger charge is -2.31.